The van der Waals surface area contributed by atoms with Crippen molar-refractivity contribution in [1.29, 1.82) is 0 Å². The first-order valence-electron chi connectivity index (χ1n) is 21.7. The summed E-state index contributed by atoms with van der Waals surface area (Å²) in [6.07, 6.45) is 15.0. The van der Waals surface area contributed by atoms with Gasteiger partial charge < -0.3 is 4.57 Å². The van der Waals surface area contributed by atoms with Crippen LogP contribution in [0, 0.1) is 0 Å². The fourth-order valence-electron chi connectivity index (χ4n) is 9.87. The van der Waals surface area contributed by atoms with Gasteiger partial charge in [-0.25, -0.2) is 0 Å². The van der Waals surface area contributed by atoms with Gasteiger partial charge in [-0.3, -0.25) is 19.9 Å². The number of aromatic nitrogens is 5. The minimum Gasteiger partial charge on any atom is -0.309 e. The zero-order valence-corrected chi connectivity index (χ0v) is 35.4. The van der Waals surface area contributed by atoms with E-state index >= 15 is 0 Å². The zero-order valence-electron chi connectivity index (χ0n) is 35.4. The highest BCUT2D eigenvalue weighted by molar-refractivity contribution is 6.12. The molecule has 5 heteroatoms. The second-order valence-corrected chi connectivity index (χ2v) is 17.3. The number of fused-ring (bicyclic) bond motifs is 6. The molecule has 1 aliphatic rings. The van der Waals surface area contributed by atoms with E-state index < -0.39 is 0 Å². The van der Waals surface area contributed by atoms with E-state index in [-0.39, 0.29) is 5.41 Å². The lowest BCUT2D eigenvalue weighted by Gasteiger charge is -2.22. The molecule has 0 unspecified atom stereocenters. The van der Waals surface area contributed by atoms with Gasteiger partial charge in [0.25, 0.3) is 0 Å². The molecule has 0 saturated heterocycles. The van der Waals surface area contributed by atoms with Crippen LogP contribution in [0.15, 0.2) is 213 Å². The van der Waals surface area contributed by atoms with Gasteiger partial charge in [0, 0.05) is 93.7 Å². The number of hydrogen-bond acceptors (Lipinski definition) is 4. The molecule has 0 radical (unpaired) electrons. The van der Waals surface area contributed by atoms with Crippen LogP contribution in [0.3, 0.4) is 0 Å². The maximum absolute atomic E-state index is 4.67. The third-order valence-corrected chi connectivity index (χ3v) is 13.1. The standard InChI is InChI=1S/C59H41N5/c1-59(2)55-15-5-3-13-51(55)53-32-54-52-14-4-6-16-57(52)64(58(54)33-56(53)59)50-30-44(40-9-7-11-42(25-40)48-28-46(34-62-36-48)38-17-21-60-22-18-38)27-45(31-50)41-10-8-12-43(26-41)49-29-47(35-63-37-49)39-19-23-61-24-20-39/h3-37H,1-2H3. The van der Waals surface area contributed by atoms with E-state index in [1.54, 1.807) is 0 Å². The first kappa shape index (κ1) is 37.5. The average molecular weight is 820 g/mol. The van der Waals surface area contributed by atoms with E-state index in [0.29, 0.717) is 0 Å². The van der Waals surface area contributed by atoms with Gasteiger partial charge in [-0.2, -0.15) is 0 Å². The predicted molar refractivity (Wildman–Crippen MR) is 262 cm³/mol. The van der Waals surface area contributed by atoms with Crippen molar-refractivity contribution in [3.8, 4) is 83.6 Å². The summed E-state index contributed by atoms with van der Waals surface area (Å²) in [6, 6.07) is 59.9. The molecule has 12 rings (SSSR count). The van der Waals surface area contributed by atoms with E-state index in [9.17, 15) is 0 Å². The van der Waals surface area contributed by atoms with Crippen molar-refractivity contribution in [1.82, 2.24) is 24.5 Å². The maximum Gasteiger partial charge on any atom is 0.0544 e. The van der Waals surface area contributed by atoms with Crippen LogP contribution in [0.5, 0.6) is 0 Å². The minimum absolute atomic E-state index is 0.136. The summed E-state index contributed by atoms with van der Waals surface area (Å²) in [5.74, 6) is 0. The normalized spacial score (nSPS) is 12.7. The van der Waals surface area contributed by atoms with Gasteiger partial charge in [-0.05, 0) is 152 Å². The van der Waals surface area contributed by atoms with E-state index in [0.717, 1.165) is 72.4 Å². The quantitative estimate of drug-likeness (QED) is 0.161. The molecule has 1 aliphatic carbocycles. The topological polar surface area (TPSA) is 56.5 Å². The van der Waals surface area contributed by atoms with Crippen LogP contribution in [0.25, 0.3) is 105 Å². The number of pyridine rings is 4. The fraction of sp³-hybridized carbons (Fsp3) is 0.0508. The Balaban J connectivity index is 1.06. The number of hydrogen-bond donors (Lipinski definition) is 0. The van der Waals surface area contributed by atoms with Crippen LogP contribution in [0.4, 0.5) is 0 Å². The molecular weight excluding hydrogens is 779 g/mol. The van der Waals surface area contributed by atoms with Crippen molar-refractivity contribution < 1.29 is 0 Å². The summed E-state index contributed by atoms with van der Waals surface area (Å²) in [7, 11) is 0. The Bertz CT molecular complexity index is 3440. The average Bonchev–Trinajstić information content (AvgIpc) is 3.81. The van der Waals surface area contributed by atoms with E-state index in [1.165, 1.54) is 44.1 Å². The third-order valence-electron chi connectivity index (χ3n) is 13.1. The highest BCUT2D eigenvalue weighted by atomic mass is 15.0. The molecule has 5 nitrogen and oxygen atoms in total. The molecule has 0 fully saturated rings. The molecule has 0 atom stereocenters. The van der Waals surface area contributed by atoms with Gasteiger partial charge in [-0.1, -0.05) is 92.7 Å². The number of rotatable bonds is 7. The van der Waals surface area contributed by atoms with Crippen molar-refractivity contribution >= 4 is 21.8 Å². The molecule has 0 spiro atoms. The predicted octanol–water partition coefficient (Wildman–Crippen LogP) is 14.7. The van der Waals surface area contributed by atoms with Crippen molar-refractivity contribution in [2.45, 2.75) is 19.3 Å². The van der Waals surface area contributed by atoms with Gasteiger partial charge in [0.15, 0.2) is 0 Å². The summed E-state index contributed by atoms with van der Waals surface area (Å²) in [4.78, 5) is 17.8. The Morgan fingerprint density at radius 1 is 0.328 bits per heavy atom. The molecule has 6 aromatic carbocycles. The number of benzene rings is 6. The third kappa shape index (κ3) is 6.32. The summed E-state index contributed by atoms with van der Waals surface area (Å²) >= 11 is 0. The van der Waals surface area contributed by atoms with Crippen LogP contribution < -0.4 is 0 Å². The summed E-state index contributed by atoms with van der Waals surface area (Å²) in [6.45, 7) is 4.72. The smallest absolute Gasteiger partial charge is 0.0544 e. The van der Waals surface area contributed by atoms with Crippen molar-refractivity contribution in [3.63, 3.8) is 0 Å². The van der Waals surface area contributed by atoms with E-state index in [1.807, 2.05) is 73.8 Å². The molecule has 11 aromatic rings. The van der Waals surface area contributed by atoms with Gasteiger partial charge in [0.1, 0.15) is 0 Å². The van der Waals surface area contributed by atoms with Gasteiger partial charge in [0.05, 0.1) is 11.0 Å². The first-order valence-corrected chi connectivity index (χ1v) is 21.7. The van der Waals surface area contributed by atoms with Gasteiger partial charge >= 0.3 is 0 Å². The molecule has 0 bridgehead atoms. The summed E-state index contributed by atoms with van der Waals surface area (Å²) in [5, 5.41) is 2.49. The summed E-state index contributed by atoms with van der Waals surface area (Å²) in [5.41, 5.74) is 21.8. The highest BCUT2D eigenvalue weighted by Crippen LogP contribution is 2.51. The SMILES string of the molecule is CC1(C)c2ccccc2-c2cc3c4ccccc4n(-c4cc(-c5cccc(-c6cncc(-c7ccncc7)c6)c5)cc(-c5cccc(-c6cncc(-c7ccncc7)c6)c5)c4)c3cc21. The second-order valence-electron chi connectivity index (χ2n) is 17.3. The number of nitrogens with zero attached hydrogens (tertiary/aromatic N) is 5. The molecule has 0 N–H and O–H groups in total. The van der Waals surface area contributed by atoms with Crippen LogP contribution in [-0.2, 0) is 5.41 Å². The van der Waals surface area contributed by atoms with Gasteiger partial charge in [-0.15, -0.1) is 0 Å². The molecule has 0 aliphatic heterocycles. The first-order chi connectivity index (χ1) is 31.5. The fourth-order valence-corrected chi connectivity index (χ4v) is 9.87. The minimum atomic E-state index is -0.136. The molecular formula is C59H41N5. The Hall–Kier alpha value is -8.28. The maximum atomic E-state index is 4.67. The zero-order chi connectivity index (χ0) is 42.8. The van der Waals surface area contributed by atoms with E-state index in [2.05, 4.69) is 178 Å². The van der Waals surface area contributed by atoms with Crippen molar-refractivity contribution in [2.75, 3.05) is 0 Å². The highest BCUT2D eigenvalue weighted by Gasteiger charge is 2.36. The van der Waals surface area contributed by atoms with Crippen LogP contribution in [-0.4, -0.2) is 24.5 Å². The van der Waals surface area contributed by atoms with E-state index in [4.69, 9.17) is 0 Å². The Kier molecular flexibility index (Phi) is 8.76. The lowest BCUT2D eigenvalue weighted by atomic mass is 9.82. The Morgan fingerprint density at radius 2 is 0.812 bits per heavy atom. The monoisotopic (exact) mass is 819 g/mol. The van der Waals surface area contributed by atoms with Crippen LogP contribution in [0.2, 0.25) is 0 Å². The Labute approximate surface area is 372 Å². The van der Waals surface area contributed by atoms with Crippen LogP contribution in [0.1, 0.15) is 25.0 Å². The molecule has 0 amide bonds. The molecule has 5 heterocycles. The largest absolute Gasteiger partial charge is 0.309 e. The molecule has 5 aromatic heterocycles. The number of para-hydroxylation sites is 1. The Morgan fingerprint density at radius 3 is 1.41 bits per heavy atom. The van der Waals surface area contributed by atoms with Crippen molar-refractivity contribution in [3.05, 3.63) is 224 Å². The second kappa shape index (κ2) is 15.0. The molecule has 302 valence electrons. The van der Waals surface area contributed by atoms with Crippen LogP contribution >= 0.6 is 0 Å². The van der Waals surface area contributed by atoms with Crippen molar-refractivity contribution in [2.24, 2.45) is 0 Å². The van der Waals surface area contributed by atoms with Gasteiger partial charge in [0.2, 0.25) is 0 Å². The summed E-state index contributed by atoms with van der Waals surface area (Å²) < 4.78 is 2.48. The molecule has 0 saturated carbocycles. The lowest BCUT2D eigenvalue weighted by molar-refractivity contribution is 0.661. The molecule has 64 heavy (non-hydrogen) atoms. The lowest BCUT2D eigenvalue weighted by Crippen LogP contribution is -2.15.